The van der Waals surface area contributed by atoms with E-state index in [0.29, 0.717) is 11.1 Å². The molecule has 0 bridgehead atoms. The number of nitrogens with one attached hydrogen (secondary N) is 5. The molecule has 0 aromatic heterocycles. The van der Waals surface area contributed by atoms with E-state index in [2.05, 4.69) is 26.3 Å². The number of nitrogens with two attached hydrogens (primary N) is 2. The van der Waals surface area contributed by atoms with Crippen LogP contribution in [-0.4, -0.2) is 97.0 Å². The number of amides is 4. The van der Waals surface area contributed by atoms with Crippen LogP contribution in [0.2, 0.25) is 0 Å². The van der Waals surface area contributed by atoms with Crippen LogP contribution in [0.25, 0.3) is 0 Å². The monoisotopic (exact) mass is 961 g/mol. The number of rotatable bonds is 28. The van der Waals surface area contributed by atoms with Crippen LogP contribution in [0, 0.1) is 10.1 Å². The van der Waals surface area contributed by atoms with E-state index in [4.69, 9.17) is 30.4 Å². The Morgan fingerprint density at radius 1 is 0.618 bits per heavy atom. The zero-order valence-corrected chi connectivity index (χ0v) is 37.8. The van der Waals surface area contributed by atoms with Crippen LogP contribution in [0.4, 0.5) is 0 Å². The van der Waals surface area contributed by atoms with Crippen LogP contribution in [0.15, 0.2) is 126 Å². The first-order valence-electron chi connectivity index (χ1n) is 21.1. The zero-order chi connectivity index (χ0) is 48.2. The molecule has 0 radical (unpaired) electrons. The summed E-state index contributed by atoms with van der Waals surface area (Å²) in [7, 11) is 0. The van der Waals surface area contributed by atoms with Gasteiger partial charge < -0.3 is 51.7 Å². The minimum atomic E-state index is -1.63. The highest BCUT2D eigenvalue weighted by Gasteiger charge is 2.31. The van der Waals surface area contributed by atoms with Crippen molar-refractivity contribution in [2.45, 2.75) is 69.9 Å². The summed E-state index contributed by atoms with van der Waals surface area (Å²) in [6.45, 7) is -1.39. The highest BCUT2D eigenvalue weighted by atomic mass is 35.5. The van der Waals surface area contributed by atoms with Gasteiger partial charge in [0, 0.05) is 6.54 Å². The first kappa shape index (κ1) is 54.9. The first-order valence-corrected chi connectivity index (χ1v) is 21.1. The minimum Gasteiger partial charge on any atom is -0.461 e. The number of nitrogens with zero attached hydrogens (tertiary/aromatic N) is 2. The molecule has 9 N–H and O–H groups in total. The largest absolute Gasteiger partial charge is 0.461 e. The lowest BCUT2D eigenvalue weighted by Gasteiger charge is -2.23. The van der Waals surface area contributed by atoms with Gasteiger partial charge in [-0.05, 0) is 35.1 Å². The van der Waals surface area contributed by atoms with E-state index in [0.717, 1.165) is 11.1 Å². The number of hydrogen-bond donors (Lipinski definition) is 7. The third-order valence-electron chi connectivity index (χ3n) is 9.43. The quantitative estimate of drug-likeness (QED) is 0.0106. The second kappa shape index (κ2) is 30.7. The predicted molar refractivity (Wildman–Crippen MR) is 249 cm³/mol. The lowest BCUT2D eigenvalue weighted by Crippen LogP contribution is -2.56. The smallest absolute Gasteiger partial charge is 0.331 e. The van der Waals surface area contributed by atoms with Crippen molar-refractivity contribution < 1.29 is 52.7 Å². The molecule has 0 heterocycles. The topological polar surface area (TPSA) is 307 Å². The highest BCUT2D eigenvalue weighted by Crippen LogP contribution is 2.09. The second-order valence-electron chi connectivity index (χ2n) is 14.8. The summed E-state index contributed by atoms with van der Waals surface area (Å²) in [4.78, 5) is 95.1. The molecule has 0 aliphatic carbocycles. The summed E-state index contributed by atoms with van der Waals surface area (Å²) in [5, 5.41) is 19.7. The minimum absolute atomic E-state index is 0. The van der Waals surface area contributed by atoms with Crippen molar-refractivity contribution in [2.24, 2.45) is 16.5 Å². The number of halogens is 1. The Hall–Kier alpha value is -7.46. The lowest BCUT2D eigenvalue weighted by atomic mass is 10.1. The van der Waals surface area contributed by atoms with Crippen molar-refractivity contribution in [3.63, 3.8) is 0 Å². The number of carbonyl (C=O) groups is 6. The summed E-state index contributed by atoms with van der Waals surface area (Å²) < 4.78 is 22.3. The van der Waals surface area contributed by atoms with Crippen LogP contribution >= 0.6 is 12.4 Å². The number of esters is 2. The Kier molecular flexibility index (Phi) is 24.8. The van der Waals surface area contributed by atoms with Gasteiger partial charge in [-0.2, -0.15) is 0 Å². The summed E-state index contributed by atoms with van der Waals surface area (Å²) >= 11 is 0. The van der Waals surface area contributed by atoms with Crippen molar-refractivity contribution in [2.75, 3.05) is 26.3 Å². The molecular weight excluding hydrogens is 906 g/mol. The van der Waals surface area contributed by atoms with Gasteiger partial charge in [-0.1, -0.05) is 127 Å². The van der Waals surface area contributed by atoms with Gasteiger partial charge in [-0.15, -0.1) is 12.4 Å². The van der Waals surface area contributed by atoms with Crippen molar-refractivity contribution >= 4 is 53.9 Å². The molecule has 68 heavy (non-hydrogen) atoms. The molecule has 0 spiro atoms. The van der Waals surface area contributed by atoms with Crippen LogP contribution < -0.4 is 38.2 Å². The highest BCUT2D eigenvalue weighted by molar-refractivity contribution is 5.95. The van der Waals surface area contributed by atoms with Crippen LogP contribution in [0.1, 0.15) is 41.5 Å². The van der Waals surface area contributed by atoms with Crippen LogP contribution in [0.5, 0.6) is 0 Å². The van der Waals surface area contributed by atoms with Crippen LogP contribution in [0.3, 0.4) is 0 Å². The number of benzene rings is 4. The van der Waals surface area contributed by atoms with Gasteiger partial charge >= 0.3 is 11.9 Å². The molecule has 0 aliphatic rings. The summed E-state index contributed by atoms with van der Waals surface area (Å²) in [5.74, 6) is -5.73. The van der Waals surface area contributed by atoms with Gasteiger partial charge in [0.15, 0.2) is 11.1 Å². The molecule has 4 amide bonds. The molecule has 4 rings (SSSR count). The summed E-state index contributed by atoms with van der Waals surface area (Å²) in [6.07, 6.45) is -0.687. The van der Waals surface area contributed by atoms with Gasteiger partial charge in [0.2, 0.25) is 23.6 Å². The van der Waals surface area contributed by atoms with Crippen molar-refractivity contribution in [3.05, 3.63) is 154 Å². The Balaban J connectivity index is 0.0000122. The molecule has 22 heteroatoms. The molecule has 21 nitrogen and oxygen atoms in total. The van der Waals surface area contributed by atoms with E-state index in [-0.39, 0.29) is 71.4 Å². The third-order valence-corrected chi connectivity index (χ3v) is 9.43. The van der Waals surface area contributed by atoms with E-state index >= 15 is 0 Å². The molecule has 0 saturated heterocycles. The third kappa shape index (κ3) is 21.7. The van der Waals surface area contributed by atoms with Gasteiger partial charge in [-0.3, -0.25) is 24.0 Å². The first-order chi connectivity index (χ1) is 32.4. The SMILES string of the molecule is Cl.NC(=NCCC[C@H](NC(=O)[C@@H](N)COCc1ccccc1)C(=O)NCC(=O)N[C@@H](CC(=O)OCc1ccccc1)C(=O)N[C@@H](COCc1ccccc1)C(=O)OCc1ccccc1)N[N+](=O)[O-]. The average Bonchev–Trinajstić information content (AvgIpc) is 3.33. The van der Waals surface area contributed by atoms with Crippen molar-refractivity contribution in [1.29, 1.82) is 0 Å². The maximum atomic E-state index is 13.9. The Morgan fingerprint density at radius 3 is 1.63 bits per heavy atom. The summed E-state index contributed by atoms with van der Waals surface area (Å²) in [6, 6.07) is 30.2. The molecule has 0 fully saturated rings. The fraction of sp³-hybridized carbons (Fsp3) is 0.326. The number of hydrazine groups is 1. The molecule has 364 valence electrons. The maximum absolute atomic E-state index is 13.9. The Labute approximate surface area is 398 Å². The van der Waals surface area contributed by atoms with Crippen molar-refractivity contribution in [3.8, 4) is 0 Å². The average molecular weight is 962 g/mol. The number of guanidine groups is 1. The van der Waals surface area contributed by atoms with Crippen molar-refractivity contribution in [1.82, 2.24) is 26.7 Å². The number of ether oxygens (including phenoxy) is 4. The lowest BCUT2D eigenvalue weighted by molar-refractivity contribution is -0.525. The molecule has 0 aliphatic heterocycles. The van der Waals surface area contributed by atoms with E-state index in [1.807, 2.05) is 60.7 Å². The fourth-order valence-corrected chi connectivity index (χ4v) is 5.97. The fourth-order valence-electron chi connectivity index (χ4n) is 5.97. The van der Waals surface area contributed by atoms with E-state index < -0.39 is 83.7 Å². The maximum Gasteiger partial charge on any atom is 0.331 e. The van der Waals surface area contributed by atoms with Gasteiger partial charge in [0.05, 0.1) is 39.4 Å². The zero-order valence-electron chi connectivity index (χ0n) is 37.0. The molecule has 4 atom stereocenters. The van der Waals surface area contributed by atoms with E-state index in [1.54, 1.807) is 66.1 Å². The standard InChI is InChI=1S/C46H55N9O12.ClH/c47-36(30-64-26-32-14-5-1-6-15-32)42(58)52-37(22-13-23-49-46(48)54-55(62)63)43(59)50-25-40(56)51-38(24-41(57)66-28-34-18-9-3-10-19-34)44(60)53-39(31-65-27-33-16-7-2-8-17-33)45(61)67-29-35-20-11-4-12-21-35;/h1-12,14-21,36-39H,13,22-31,47H2,(H,50,59)(H,51,56)(H,52,58)(H,53,60)(H3,48,49,54);1H/t36-,37-,38-,39-;/m0./s1. The Bertz CT molecular complexity index is 2230. The molecule has 0 unspecified atom stereocenters. The molecule has 0 saturated carbocycles. The van der Waals surface area contributed by atoms with E-state index in [9.17, 15) is 38.9 Å². The number of carbonyl (C=O) groups excluding carboxylic acids is 6. The number of hydrogen-bond acceptors (Lipinski definition) is 14. The molecular formula is C46H56ClN9O12. The van der Waals surface area contributed by atoms with E-state index in [1.165, 1.54) is 0 Å². The Morgan fingerprint density at radius 2 is 1.10 bits per heavy atom. The van der Waals surface area contributed by atoms with Crippen LogP contribution in [-0.2, 0) is 74.1 Å². The predicted octanol–water partition coefficient (Wildman–Crippen LogP) is 1.49. The van der Waals surface area contributed by atoms with Gasteiger partial charge in [-0.25, -0.2) is 19.9 Å². The number of nitro groups is 1. The van der Waals surface area contributed by atoms with Gasteiger partial charge in [0.1, 0.15) is 31.3 Å². The number of aliphatic imine (C=N–C) groups is 1. The van der Waals surface area contributed by atoms with Gasteiger partial charge in [0.25, 0.3) is 5.96 Å². The second-order valence-corrected chi connectivity index (χ2v) is 14.8. The summed E-state index contributed by atoms with van der Waals surface area (Å²) in [5.41, 5.74) is 16.2. The molecule has 4 aromatic carbocycles. The molecule has 4 aromatic rings. The normalized spacial score (nSPS) is 12.6.